The maximum Gasteiger partial charge on any atom is 0.255 e. The average Bonchev–Trinajstić information content (AvgIpc) is 2.55. The molecule has 0 saturated carbocycles. The van der Waals surface area contributed by atoms with E-state index in [0.29, 0.717) is 18.9 Å². The van der Waals surface area contributed by atoms with Crippen molar-refractivity contribution < 1.29 is 19.1 Å². The summed E-state index contributed by atoms with van der Waals surface area (Å²) in [6.07, 6.45) is 0.666. The van der Waals surface area contributed by atoms with E-state index in [1.54, 1.807) is 31.3 Å². The van der Waals surface area contributed by atoms with E-state index in [0.717, 1.165) is 5.69 Å². The monoisotopic (exact) mass is 290 g/mol. The van der Waals surface area contributed by atoms with Crippen LogP contribution in [0.2, 0.25) is 0 Å². The van der Waals surface area contributed by atoms with E-state index in [2.05, 4.69) is 11.9 Å². The van der Waals surface area contributed by atoms with Gasteiger partial charge in [0.05, 0.1) is 19.8 Å². The molecule has 6 heteroatoms. The van der Waals surface area contributed by atoms with Crippen LogP contribution in [-0.2, 0) is 19.1 Å². The predicted molar refractivity (Wildman–Crippen MR) is 79.2 cm³/mol. The Morgan fingerprint density at radius 3 is 2.62 bits per heavy atom. The minimum absolute atomic E-state index is 0.195. The molecule has 0 spiro atoms. The SMILES string of the molecule is C=CC(=O)N(C)c1ccc(NC(=O)[C@H]2COCCO2)cc1. The summed E-state index contributed by atoms with van der Waals surface area (Å²) in [7, 11) is 1.66. The lowest BCUT2D eigenvalue weighted by atomic mass is 10.2. The third-order valence-corrected chi connectivity index (χ3v) is 3.14. The summed E-state index contributed by atoms with van der Waals surface area (Å²) in [6, 6.07) is 6.94. The Bertz CT molecular complexity index is 521. The van der Waals surface area contributed by atoms with Crippen molar-refractivity contribution >= 4 is 23.2 Å². The smallest absolute Gasteiger partial charge is 0.255 e. The Labute approximate surface area is 123 Å². The van der Waals surface area contributed by atoms with Crippen LogP contribution in [0.5, 0.6) is 0 Å². The first-order valence-electron chi connectivity index (χ1n) is 6.62. The van der Waals surface area contributed by atoms with Crippen LogP contribution in [0.25, 0.3) is 0 Å². The summed E-state index contributed by atoms with van der Waals surface area (Å²) in [6.45, 7) is 4.64. The van der Waals surface area contributed by atoms with Crippen LogP contribution in [0.15, 0.2) is 36.9 Å². The summed E-state index contributed by atoms with van der Waals surface area (Å²) >= 11 is 0. The van der Waals surface area contributed by atoms with Crippen LogP contribution >= 0.6 is 0 Å². The number of ether oxygens (including phenoxy) is 2. The second-order valence-corrected chi connectivity index (χ2v) is 4.57. The second-order valence-electron chi connectivity index (χ2n) is 4.57. The molecule has 112 valence electrons. The zero-order valence-electron chi connectivity index (χ0n) is 11.9. The van der Waals surface area contributed by atoms with E-state index in [1.807, 2.05) is 0 Å². The third-order valence-electron chi connectivity index (χ3n) is 3.14. The molecule has 1 aromatic carbocycles. The fourth-order valence-electron chi connectivity index (χ4n) is 1.89. The third kappa shape index (κ3) is 3.90. The van der Waals surface area contributed by atoms with Gasteiger partial charge in [-0.1, -0.05) is 6.58 Å². The van der Waals surface area contributed by atoms with Gasteiger partial charge in [-0.25, -0.2) is 0 Å². The molecule has 1 atom stereocenters. The number of anilines is 2. The van der Waals surface area contributed by atoms with Crippen LogP contribution < -0.4 is 10.2 Å². The summed E-state index contributed by atoms with van der Waals surface area (Å²) in [5, 5.41) is 2.75. The highest BCUT2D eigenvalue weighted by Gasteiger charge is 2.22. The molecule has 21 heavy (non-hydrogen) atoms. The van der Waals surface area contributed by atoms with Crippen molar-refractivity contribution in [3.8, 4) is 0 Å². The summed E-state index contributed by atoms with van der Waals surface area (Å²) < 4.78 is 10.5. The maximum absolute atomic E-state index is 11.9. The molecule has 0 bridgehead atoms. The number of carbonyl (C=O) groups excluding carboxylic acids is 2. The van der Waals surface area contributed by atoms with E-state index >= 15 is 0 Å². The quantitative estimate of drug-likeness (QED) is 0.846. The highest BCUT2D eigenvalue weighted by molar-refractivity contribution is 6.01. The van der Waals surface area contributed by atoms with Crippen LogP contribution in [-0.4, -0.2) is 44.8 Å². The van der Waals surface area contributed by atoms with Crippen molar-refractivity contribution in [1.82, 2.24) is 0 Å². The van der Waals surface area contributed by atoms with Crippen molar-refractivity contribution in [2.24, 2.45) is 0 Å². The Morgan fingerprint density at radius 1 is 1.33 bits per heavy atom. The molecule has 2 amide bonds. The standard InChI is InChI=1S/C15H18N2O4/c1-3-14(18)17(2)12-6-4-11(5-7-12)16-15(19)13-10-20-8-9-21-13/h3-7,13H,1,8-10H2,2H3,(H,16,19)/t13-/m1/s1. The molecule has 0 aromatic heterocycles. The topological polar surface area (TPSA) is 67.9 Å². The first kappa shape index (κ1) is 15.2. The van der Waals surface area contributed by atoms with Crippen molar-refractivity contribution in [3.05, 3.63) is 36.9 Å². The van der Waals surface area contributed by atoms with Crippen molar-refractivity contribution in [1.29, 1.82) is 0 Å². The molecule has 2 rings (SSSR count). The zero-order chi connectivity index (χ0) is 15.2. The van der Waals surface area contributed by atoms with Gasteiger partial charge < -0.3 is 19.7 Å². The Hall–Kier alpha value is -2.18. The van der Waals surface area contributed by atoms with E-state index in [-0.39, 0.29) is 18.4 Å². The Morgan fingerprint density at radius 2 is 2.05 bits per heavy atom. The highest BCUT2D eigenvalue weighted by Crippen LogP contribution is 2.17. The maximum atomic E-state index is 11.9. The molecule has 1 aromatic rings. The number of likely N-dealkylation sites (N-methyl/N-ethyl adjacent to an activating group) is 1. The van der Waals surface area contributed by atoms with Gasteiger partial charge in [-0.2, -0.15) is 0 Å². The van der Waals surface area contributed by atoms with Crippen LogP contribution in [0.1, 0.15) is 0 Å². The molecule has 0 unspecified atom stereocenters. The number of nitrogens with one attached hydrogen (secondary N) is 1. The molecule has 1 aliphatic rings. The minimum atomic E-state index is -0.580. The number of amides is 2. The van der Waals surface area contributed by atoms with Crippen molar-refractivity contribution in [2.45, 2.75) is 6.10 Å². The summed E-state index contributed by atoms with van der Waals surface area (Å²) in [5.41, 5.74) is 1.35. The largest absolute Gasteiger partial charge is 0.376 e. The number of hydrogen-bond acceptors (Lipinski definition) is 4. The molecular formula is C15H18N2O4. The predicted octanol–water partition coefficient (Wildman–Crippen LogP) is 1.19. The van der Waals surface area contributed by atoms with Crippen molar-refractivity contribution in [2.75, 3.05) is 37.1 Å². The number of benzene rings is 1. The van der Waals surface area contributed by atoms with Gasteiger partial charge in [-0.05, 0) is 30.3 Å². The van der Waals surface area contributed by atoms with E-state index in [1.165, 1.54) is 11.0 Å². The first-order valence-corrected chi connectivity index (χ1v) is 6.62. The van der Waals surface area contributed by atoms with Crippen molar-refractivity contribution in [3.63, 3.8) is 0 Å². The molecule has 1 aliphatic heterocycles. The number of hydrogen-bond donors (Lipinski definition) is 1. The van der Waals surface area contributed by atoms with Gasteiger partial charge in [0.25, 0.3) is 5.91 Å². The van der Waals surface area contributed by atoms with Crippen LogP contribution in [0.4, 0.5) is 11.4 Å². The van der Waals surface area contributed by atoms with Gasteiger partial charge in [-0.3, -0.25) is 9.59 Å². The molecule has 1 saturated heterocycles. The molecule has 0 aliphatic carbocycles. The van der Waals surface area contributed by atoms with E-state index in [4.69, 9.17) is 9.47 Å². The molecule has 0 radical (unpaired) electrons. The first-order chi connectivity index (χ1) is 10.1. The normalized spacial score (nSPS) is 17.9. The Balaban J connectivity index is 1.97. The Kier molecular flexibility index (Phi) is 5.08. The fourth-order valence-corrected chi connectivity index (χ4v) is 1.89. The lowest BCUT2D eigenvalue weighted by molar-refractivity contribution is -0.142. The van der Waals surface area contributed by atoms with Crippen LogP contribution in [0.3, 0.4) is 0 Å². The van der Waals surface area contributed by atoms with Gasteiger partial charge in [0.15, 0.2) is 6.10 Å². The van der Waals surface area contributed by atoms with Crippen LogP contribution in [0, 0.1) is 0 Å². The number of nitrogens with zero attached hydrogens (tertiary/aromatic N) is 1. The number of rotatable bonds is 4. The zero-order valence-corrected chi connectivity index (χ0v) is 11.9. The molecule has 6 nitrogen and oxygen atoms in total. The molecule has 1 heterocycles. The summed E-state index contributed by atoms with van der Waals surface area (Å²) in [5.74, 6) is -0.433. The van der Waals surface area contributed by atoms with Gasteiger partial charge in [0, 0.05) is 18.4 Å². The molecular weight excluding hydrogens is 272 g/mol. The van der Waals surface area contributed by atoms with E-state index in [9.17, 15) is 9.59 Å². The lowest BCUT2D eigenvalue weighted by Gasteiger charge is -2.22. The summed E-state index contributed by atoms with van der Waals surface area (Å²) in [4.78, 5) is 24.9. The van der Waals surface area contributed by atoms with Gasteiger partial charge in [-0.15, -0.1) is 0 Å². The average molecular weight is 290 g/mol. The van der Waals surface area contributed by atoms with Gasteiger partial charge in [0.2, 0.25) is 5.91 Å². The molecule has 1 N–H and O–H groups in total. The molecule has 1 fully saturated rings. The lowest BCUT2D eigenvalue weighted by Crippen LogP contribution is -2.39. The highest BCUT2D eigenvalue weighted by atomic mass is 16.6. The fraction of sp³-hybridized carbons (Fsp3) is 0.333. The second kappa shape index (κ2) is 7.01. The minimum Gasteiger partial charge on any atom is -0.376 e. The van der Waals surface area contributed by atoms with E-state index < -0.39 is 6.10 Å². The number of carbonyl (C=O) groups is 2. The van der Waals surface area contributed by atoms with Gasteiger partial charge >= 0.3 is 0 Å². The van der Waals surface area contributed by atoms with Gasteiger partial charge in [0.1, 0.15) is 0 Å².